The first-order valence-electron chi connectivity index (χ1n) is 6.50. The van der Waals surface area contributed by atoms with Crippen molar-refractivity contribution in [2.24, 2.45) is 4.99 Å². The highest BCUT2D eigenvalue weighted by Crippen LogP contribution is 2.35. The Labute approximate surface area is 108 Å². The number of ether oxygens (including phenoxy) is 1. The highest BCUT2D eigenvalue weighted by atomic mass is 16.5. The van der Waals surface area contributed by atoms with Gasteiger partial charge in [-0.15, -0.1) is 0 Å². The van der Waals surface area contributed by atoms with Gasteiger partial charge in [-0.05, 0) is 19.4 Å². The fourth-order valence-corrected chi connectivity index (χ4v) is 2.86. The Bertz CT molecular complexity index is 472. The van der Waals surface area contributed by atoms with Gasteiger partial charge in [0.15, 0.2) is 5.96 Å². The van der Waals surface area contributed by atoms with E-state index in [2.05, 4.69) is 34.3 Å². The Morgan fingerprint density at radius 1 is 1.39 bits per heavy atom. The number of guanidine groups is 1. The number of nitrogens with zero attached hydrogens (tertiary/aromatic N) is 2. The minimum absolute atomic E-state index is 0.381. The molecule has 1 aromatic rings. The van der Waals surface area contributed by atoms with Crippen LogP contribution in [0.5, 0.6) is 5.75 Å². The molecule has 0 aliphatic carbocycles. The SMILES string of the molecule is COc1ccccc1C1CCN=C2NC(C)CN21. The lowest BCUT2D eigenvalue weighted by molar-refractivity contribution is 0.294. The summed E-state index contributed by atoms with van der Waals surface area (Å²) >= 11 is 0. The maximum Gasteiger partial charge on any atom is 0.194 e. The Kier molecular flexibility index (Phi) is 2.86. The molecule has 0 bridgehead atoms. The van der Waals surface area contributed by atoms with Gasteiger partial charge in [0, 0.05) is 24.7 Å². The summed E-state index contributed by atoms with van der Waals surface area (Å²) in [6, 6.07) is 9.15. The van der Waals surface area contributed by atoms with Crippen LogP contribution in [0.15, 0.2) is 29.3 Å². The summed E-state index contributed by atoms with van der Waals surface area (Å²) in [5.41, 5.74) is 1.27. The van der Waals surface area contributed by atoms with Gasteiger partial charge in [0.25, 0.3) is 0 Å². The predicted molar refractivity (Wildman–Crippen MR) is 72.0 cm³/mol. The molecule has 4 nitrogen and oxygen atoms in total. The van der Waals surface area contributed by atoms with Gasteiger partial charge < -0.3 is 15.0 Å². The molecule has 0 spiro atoms. The number of benzene rings is 1. The summed E-state index contributed by atoms with van der Waals surface area (Å²) in [5, 5.41) is 3.43. The van der Waals surface area contributed by atoms with Crippen LogP contribution < -0.4 is 10.1 Å². The van der Waals surface area contributed by atoms with Crippen molar-refractivity contribution >= 4 is 5.96 Å². The zero-order valence-corrected chi connectivity index (χ0v) is 10.9. The molecule has 0 aromatic heterocycles. The van der Waals surface area contributed by atoms with Crippen molar-refractivity contribution in [1.29, 1.82) is 0 Å². The van der Waals surface area contributed by atoms with Gasteiger partial charge in [-0.1, -0.05) is 18.2 Å². The minimum Gasteiger partial charge on any atom is -0.496 e. The van der Waals surface area contributed by atoms with Crippen LogP contribution in [-0.2, 0) is 0 Å². The van der Waals surface area contributed by atoms with E-state index in [-0.39, 0.29) is 0 Å². The Morgan fingerprint density at radius 2 is 2.22 bits per heavy atom. The summed E-state index contributed by atoms with van der Waals surface area (Å²) in [5.74, 6) is 2.02. The van der Waals surface area contributed by atoms with E-state index < -0.39 is 0 Å². The van der Waals surface area contributed by atoms with E-state index in [9.17, 15) is 0 Å². The van der Waals surface area contributed by atoms with Crippen LogP contribution in [0.4, 0.5) is 0 Å². The van der Waals surface area contributed by atoms with E-state index >= 15 is 0 Å². The molecule has 1 saturated heterocycles. The van der Waals surface area contributed by atoms with Crippen molar-refractivity contribution in [1.82, 2.24) is 10.2 Å². The van der Waals surface area contributed by atoms with Crippen LogP contribution in [0.2, 0.25) is 0 Å². The lowest BCUT2D eigenvalue weighted by atomic mass is 10.00. The first-order valence-corrected chi connectivity index (χ1v) is 6.50. The minimum atomic E-state index is 0.381. The molecular weight excluding hydrogens is 226 g/mol. The molecule has 2 aliphatic rings. The van der Waals surface area contributed by atoms with E-state index in [1.165, 1.54) is 5.56 Å². The number of fused-ring (bicyclic) bond motifs is 1. The molecule has 1 fully saturated rings. The fourth-order valence-electron chi connectivity index (χ4n) is 2.86. The number of nitrogens with one attached hydrogen (secondary N) is 1. The molecule has 96 valence electrons. The van der Waals surface area contributed by atoms with Gasteiger partial charge in [-0.3, -0.25) is 4.99 Å². The highest BCUT2D eigenvalue weighted by molar-refractivity contribution is 5.83. The first-order chi connectivity index (χ1) is 8.79. The van der Waals surface area contributed by atoms with Gasteiger partial charge in [0.05, 0.1) is 13.2 Å². The smallest absolute Gasteiger partial charge is 0.194 e. The Balaban J connectivity index is 1.95. The van der Waals surface area contributed by atoms with Gasteiger partial charge >= 0.3 is 0 Å². The van der Waals surface area contributed by atoms with Crippen molar-refractivity contribution in [2.45, 2.75) is 25.4 Å². The van der Waals surface area contributed by atoms with Crippen LogP contribution in [0.1, 0.15) is 24.9 Å². The van der Waals surface area contributed by atoms with Crippen LogP contribution in [0, 0.1) is 0 Å². The molecule has 1 aromatic carbocycles. The zero-order valence-electron chi connectivity index (χ0n) is 10.9. The Hall–Kier alpha value is -1.71. The number of aliphatic imine (C=N–C) groups is 1. The summed E-state index contributed by atoms with van der Waals surface area (Å²) in [6.07, 6.45) is 1.05. The average molecular weight is 245 g/mol. The van der Waals surface area contributed by atoms with Gasteiger partial charge in [-0.25, -0.2) is 0 Å². The van der Waals surface area contributed by atoms with Crippen LogP contribution in [-0.4, -0.2) is 37.1 Å². The highest BCUT2D eigenvalue weighted by Gasteiger charge is 2.34. The maximum absolute atomic E-state index is 5.49. The van der Waals surface area contributed by atoms with Crippen molar-refractivity contribution < 1.29 is 4.74 Å². The van der Waals surface area contributed by atoms with Crippen LogP contribution >= 0.6 is 0 Å². The summed E-state index contributed by atoms with van der Waals surface area (Å²) in [7, 11) is 1.74. The van der Waals surface area contributed by atoms with Crippen LogP contribution in [0.25, 0.3) is 0 Å². The molecule has 2 atom stereocenters. The lowest BCUT2D eigenvalue weighted by Gasteiger charge is -2.33. The van der Waals surface area contributed by atoms with E-state index in [0.717, 1.165) is 31.2 Å². The monoisotopic (exact) mass is 245 g/mol. The molecule has 2 aliphatic heterocycles. The van der Waals surface area contributed by atoms with Crippen molar-refractivity contribution in [2.75, 3.05) is 20.2 Å². The third kappa shape index (κ3) is 1.82. The number of hydrogen-bond acceptors (Lipinski definition) is 4. The number of para-hydroxylation sites is 1. The summed E-state index contributed by atoms with van der Waals surface area (Å²) < 4.78 is 5.49. The molecule has 2 unspecified atom stereocenters. The molecular formula is C14H19N3O. The molecule has 0 radical (unpaired) electrons. The van der Waals surface area contributed by atoms with Crippen molar-refractivity contribution in [3.63, 3.8) is 0 Å². The van der Waals surface area contributed by atoms with Crippen molar-refractivity contribution in [3.8, 4) is 5.75 Å². The van der Waals surface area contributed by atoms with Gasteiger partial charge in [0.1, 0.15) is 5.75 Å². The molecule has 1 N–H and O–H groups in total. The molecule has 0 amide bonds. The third-order valence-electron chi connectivity index (χ3n) is 3.66. The maximum atomic E-state index is 5.49. The molecule has 2 heterocycles. The topological polar surface area (TPSA) is 36.9 Å². The largest absolute Gasteiger partial charge is 0.496 e. The standard InChI is InChI=1S/C14H19N3O/c1-10-9-17-12(7-8-15-14(17)16-10)11-5-3-4-6-13(11)18-2/h3-6,10,12H,7-9H2,1-2H3,(H,15,16). The lowest BCUT2D eigenvalue weighted by Crippen LogP contribution is -2.37. The van der Waals surface area contributed by atoms with Gasteiger partial charge in [0.2, 0.25) is 0 Å². The van der Waals surface area contributed by atoms with E-state index in [0.29, 0.717) is 12.1 Å². The normalized spacial score (nSPS) is 26.3. The number of methoxy groups -OCH3 is 1. The van der Waals surface area contributed by atoms with Crippen LogP contribution in [0.3, 0.4) is 0 Å². The van der Waals surface area contributed by atoms with Crippen molar-refractivity contribution in [3.05, 3.63) is 29.8 Å². The summed E-state index contributed by atoms with van der Waals surface area (Å²) in [4.78, 5) is 6.93. The molecule has 18 heavy (non-hydrogen) atoms. The Morgan fingerprint density at radius 3 is 3.06 bits per heavy atom. The fraction of sp³-hybridized carbons (Fsp3) is 0.500. The second-order valence-electron chi connectivity index (χ2n) is 4.95. The molecule has 0 saturated carbocycles. The molecule has 3 rings (SSSR count). The van der Waals surface area contributed by atoms with E-state index in [1.807, 2.05) is 12.1 Å². The first kappa shape index (κ1) is 11.4. The molecule has 4 heteroatoms. The quantitative estimate of drug-likeness (QED) is 0.863. The third-order valence-corrected chi connectivity index (χ3v) is 3.66. The second-order valence-corrected chi connectivity index (χ2v) is 4.95. The average Bonchev–Trinajstić information content (AvgIpc) is 2.78. The number of rotatable bonds is 2. The number of hydrogen-bond donors (Lipinski definition) is 1. The van der Waals surface area contributed by atoms with E-state index in [4.69, 9.17) is 4.74 Å². The van der Waals surface area contributed by atoms with Gasteiger partial charge in [-0.2, -0.15) is 0 Å². The second kappa shape index (κ2) is 4.52. The van der Waals surface area contributed by atoms with E-state index in [1.54, 1.807) is 7.11 Å². The zero-order chi connectivity index (χ0) is 12.5. The predicted octanol–water partition coefficient (Wildman–Crippen LogP) is 1.79. The summed E-state index contributed by atoms with van der Waals surface area (Å²) in [6.45, 7) is 4.09.